The SMILES string of the molecule is N#Cc1sccc1Sc1ccccc1. The Morgan fingerprint density at radius 3 is 2.64 bits per heavy atom. The molecule has 1 aromatic carbocycles. The van der Waals surface area contributed by atoms with Gasteiger partial charge < -0.3 is 0 Å². The Hall–Kier alpha value is -1.24. The Morgan fingerprint density at radius 1 is 1.14 bits per heavy atom. The molecule has 1 nitrogen and oxygen atoms in total. The van der Waals surface area contributed by atoms with Gasteiger partial charge in [-0.05, 0) is 23.6 Å². The summed E-state index contributed by atoms with van der Waals surface area (Å²) in [5.74, 6) is 0. The van der Waals surface area contributed by atoms with Crippen LogP contribution in [0.2, 0.25) is 0 Å². The van der Waals surface area contributed by atoms with Crippen LogP contribution < -0.4 is 0 Å². The first-order chi connectivity index (χ1) is 6.90. The van der Waals surface area contributed by atoms with Gasteiger partial charge in [-0.2, -0.15) is 5.26 Å². The average molecular weight is 217 g/mol. The molecule has 0 saturated carbocycles. The summed E-state index contributed by atoms with van der Waals surface area (Å²) < 4.78 is 0. The number of hydrogen-bond donors (Lipinski definition) is 0. The molecule has 0 aliphatic heterocycles. The van der Waals surface area contributed by atoms with E-state index in [0.717, 1.165) is 9.77 Å². The number of hydrogen-bond acceptors (Lipinski definition) is 3. The summed E-state index contributed by atoms with van der Waals surface area (Å²) in [4.78, 5) is 3.00. The number of nitriles is 1. The van der Waals surface area contributed by atoms with Crippen molar-refractivity contribution in [2.45, 2.75) is 9.79 Å². The van der Waals surface area contributed by atoms with Crippen molar-refractivity contribution in [3.05, 3.63) is 46.7 Å². The van der Waals surface area contributed by atoms with Crippen LogP contribution in [0.15, 0.2) is 51.6 Å². The Morgan fingerprint density at radius 2 is 1.93 bits per heavy atom. The maximum atomic E-state index is 8.83. The van der Waals surface area contributed by atoms with E-state index >= 15 is 0 Å². The zero-order valence-electron chi connectivity index (χ0n) is 7.31. The van der Waals surface area contributed by atoms with Crippen molar-refractivity contribution in [1.29, 1.82) is 5.26 Å². The third-order valence-corrected chi connectivity index (χ3v) is 3.72. The molecule has 1 heterocycles. The van der Waals surface area contributed by atoms with Crippen LogP contribution in [-0.4, -0.2) is 0 Å². The predicted molar refractivity (Wildman–Crippen MR) is 59.6 cm³/mol. The van der Waals surface area contributed by atoms with E-state index < -0.39 is 0 Å². The summed E-state index contributed by atoms with van der Waals surface area (Å²) in [5, 5.41) is 10.8. The fourth-order valence-corrected chi connectivity index (χ4v) is 2.83. The second kappa shape index (κ2) is 4.32. The molecule has 0 radical (unpaired) electrons. The Kier molecular flexibility index (Phi) is 2.87. The van der Waals surface area contributed by atoms with E-state index in [-0.39, 0.29) is 0 Å². The fraction of sp³-hybridized carbons (Fsp3) is 0. The van der Waals surface area contributed by atoms with Gasteiger partial charge in [0, 0.05) is 9.79 Å². The molecule has 0 atom stereocenters. The fourth-order valence-electron chi connectivity index (χ4n) is 1.07. The van der Waals surface area contributed by atoms with Crippen LogP contribution in [0.1, 0.15) is 4.88 Å². The minimum absolute atomic E-state index is 0.791. The van der Waals surface area contributed by atoms with Gasteiger partial charge in [-0.15, -0.1) is 11.3 Å². The van der Waals surface area contributed by atoms with Crippen molar-refractivity contribution in [3.63, 3.8) is 0 Å². The highest BCUT2D eigenvalue weighted by Crippen LogP contribution is 2.32. The van der Waals surface area contributed by atoms with Crippen molar-refractivity contribution in [2.24, 2.45) is 0 Å². The van der Waals surface area contributed by atoms with Crippen LogP contribution in [-0.2, 0) is 0 Å². The summed E-state index contributed by atoms with van der Waals surface area (Å²) >= 11 is 3.12. The van der Waals surface area contributed by atoms with Crippen LogP contribution in [0.5, 0.6) is 0 Å². The lowest BCUT2D eigenvalue weighted by Gasteiger charge is -1.97. The van der Waals surface area contributed by atoms with Gasteiger partial charge in [0.25, 0.3) is 0 Å². The second-order valence-corrected chi connectivity index (χ2v) is 4.67. The highest BCUT2D eigenvalue weighted by molar-refractivity contribution is 7.99. The van der Waals surface area contributed by atoms with Crippen molar-refractivity contribution < 1.29 is 0 Å². The first-order valence-electron chi connectivity index (χ1n) is 4.10. The number of benzene rings is 1. The first kappa shape index (κ1) is 9.32. The zero-order chi connectivity index (χ0) is 9.80. The molecule has 2 aromatic rings. The molecule has 68 valence electrons. The number of nitrogens with zero attached hydrogens (tertiary/aromatic N) is 1. The average Bonchev–Trinajstić information content (AvgIpc) is 2.67. The third kappa shape index (κ3) is 1.98. The van der Waals surface area contributed by atoms with Crippen molar-refractivity contribution in [1.82, 2.24) is 0 Å². The molecule has 0 amide bonds. The summed E-state index contributed by atoms with van der Waals surface area (Å²) in [5.41, 5.74) is 0. The van der Waals surface area contributed by atoms with E-state index in [2.05, 4.69) is 6.07 Å². The van der Waals surface area contributed by atoms with E-state index in [0.29, 0.717) is 0 Å². The van der Waals surface area contributed by atoms with Crippen LogP contribution in [0.3, 0.4) is 0 Å². The van der Waals surface area contributed by atoms with Crippen LogP contribution in [0, 0.1) is 11.3 Å². The molecule has 0 unspecified atom stereocenters. The molecule has 0 saturated heterocycles. The summed E-state index contributed by atoms with van der Waals surface area (Å²) in [6.07, 6.45) is 0. The topological polar surface area (TPSA) is 23.8 Å². The van der Waals surface area contributed by atoms with Gasteiger partial charge in [0.15, 0.2) is 0 Å². The molecule has 0 bridgehead atoms. The molecule has 0 fully saturated rings. The molecule has 0 aliphatic carbocycles. The van der Waals surface area contributed by atoms with E-state index in [1.54, 1.807) is 11.8 Å². The first-order valence-corrected chi connectivity index (χ1v) is 5.80. The maximum absolute atomic E-state index is 8.83. The quantitative estimate of drug-likeness (QED) is 0.764. The van der Waals surface area contributed by atoms with Gasteiger partial charge in [-0.25, -0.2) is 0 Å². The van der Waals surface area contributed by atoms with Gasteiger partial charge in [-0.3, -0.25) is 0 Å². The lowest BCUT2D eigenvalue weighted by molar-refractivity contribution is 1.41. The highest BCUT2D eigenvalue weighted by Gasteiger charge is 2.04. The lowest BCUT2D eigenvalue weighted by Crippen LogP contribution is -1.72. The maximum Gasteiger partial charge on any atom is 0.118 e. The van der Waals surface area contributed by atoms with E-state index in [1.807, 2.05) is 41.8 Å². The smallest absolute Gasteiger partial charge is 0.118 e. The molecular formula is C11H7NS2. The lowest BCUT2D eigenvalue weighted by atomic mass is 10.4. The van der Waals surface area contributed by atoms with Gasteiger partial charge in [0.1, 0.15) is 10.9 Å². The monoisotopic (exact) mass is 217 g/mol. The molecule has 0 aliphatic rings. The standard InChI is InChI=1S/C11H7NS2/c12-8-11-10(6-7-13-11)14-9-4-2-1-3-5-9/h1-7H. The molecule has 0 spiro atoms. The van der Waals surface area contributed by atoms with E-state index in [1.165, 1.54) is 16.2 Å². The third-order valence-electron chi connectivity index (χ3n) is 1.70. The normalized spacial score (nSPS) is 9.64. The summed E-state index contributed by atoms with van der Waals surface area (Å²) in [6.45, 7) is 0. The van der Waals surface area contributed by atoms with Gasteiger partial charge in [0.05, 0.1) is 0 Å². The molecule has 14 heavy (non-hydrogen) atoms. The molecule has 3 heteroatoms. The van der Waals surface area contributed by atoms with Crippen molar-refractivity contribution in [2.75, 3.05) is 0 Å². The van der Waals surface area contributed by atoms with E-state index in [4.69, 9.17) is 5.26 Å². The van der Waals surface area contributed by atoms with Crippen LogP contribution in [0.25, 0.3) is 0 Å². The van der Waals surface area contributed by atoms with E-state index in [9.17, 15) is 0 Å². The second-order valence-electron chi connectivity index (χ2n) is 2.64. The van der Waals surface area contributed by atoms with Crippen molar-refractivity contribution >= 4 is 23.1 Å². The number of thiophene rings is 1. The minimum atomic E-state index is 0.791. The molecule has 2 rings (SSSR count). The number of rotatable bonds is 2. The Balaban J connectivity index is 2.24. The Bertz CT molecular complexity index is 454. The summed E-state index contributed by atoms with van der Waals surface area (Å²) in [7, 11) is 0. The van der Waals surface area contributed by atoms with Gasteiger partial charge in [-0.1, -0.05) is 30.0 Å². The van der Waals surface area contributed by atoms with Crippen LogP contribution in [0.4, 0.5) is 0 Å². The minimum Gasteiger partial charge on any atom is -0.191 e. The zero-order valence-corrected chi connectivity index (χ0v) is 8.94. The molecule has 0 N–H and O–H groups in total. The van der Waals surface area contributed by atoms with Crippen molar-refractivity contribution in [3.8, 4) is 6.07 Å². The summed E-state index contributed by atoms with van der Waals surface area (Å²) in [6, 6.07) is 14.3. The highest BCUT2D eigenvalue weighted by atomic mass is 32.2. The Labute approximate surface area is 91.0 Å². The largest absolute Gasteiger partial charge is 0.191 e. The van der Waals surface area contributed by atoms with Gasteiger partial charge in [0.2, 0.25) is 0 Å². The predicted octanol–water partition coefficient (Wildman–Crippen LogP) is 3.77. The molecule has 1 aromatic heterocycles. The van der Waals surface area contributed by atoms with Crippen LogP contribution >= 0.6 is 23.1 Å². The molecular weight excluding hydrogens is 210 g/mol. The van der Waals surface area contributed by atoms with Gasteiger partial charge >= 0.3 is 0 Å².